The van der Waals surface area contributed by atoms with Gasteiger partial charge in [0, 0.05) is 55.0 Å². The first-order valence-electron chi connectivity index (χ1n) is 16.7. The Morgan fingerprint density at radius 1 is 0.957 bits per heavy atom. The van der Waals surface area contributed by atoms with E-state index in [9.17, 15) is 19.5 Å². The third kappa shape index (κ3) is 5.95. The summed E-state index contributed by atoms with van der Waals surface area (Å²) in [6, 6.07) is 14.4. The van der Waals surface area contributed by atoms with Crippen molar-refractivity contribution in [2.75, 3.05) is 60.6 Å². The number of hydrogen-bond donors (Lipinski definition) is 1. The molecular formula is C37H48N4O5S. The summed E-state index contributed by atoms with van der Waals surface area (Å²) in [7, 11) is 0. The minimum atomic E-state index is -0.837. The number of hydrogen-bond acceptors (Lipinski definition) is 7. The van der Waals surface area contributed by atoms with Gasteiger partial charge in [0.15, 0.2) is 0 Å². The summed E-state index contributed by atoms with van der Waals surface area (Å²) < 4.78 is 4.79. The van der Waals surface area contributed by atoms with Crippen molar-refractivity contribution < 1.29 is 24.2 Å². The monoisotopic (exact) mass is 660 g/mol. The Bertz CT molecular complexity index is 1460. The average molecular weight is 661 g/mol. The zero-order chi connectivity index (χ0) is 33.9. The second-order valence-electron chi connectivity index (χ2n) is 12.4. The number of anilines is 3. The molecule has 2 bridgehead atoms. The Hall–Kier alpha value is -3.76. The van der Waals surface area contributed by atoms with E-state index in [0.717, 1.165) is 18.8 Å². The molecule has 1 spiro atoms. The Labute approximate surface area is 283 Å². The summed E-state index contributed by atoms with van der Waals surface area (Å²) in [6.07, 6.45) is 4.09. The molecule has 10 heteroatoms. The summed E-state index contributed by atoms with van der Waals surface area (Å²) >= 11 is 1.63. The highest BCUT2D eigenvalue weighted by Gasteiger charge is 2.76. The van der Waals surface area contributed by atoms with Gasteiger partial charge in [-0.1, -0.05) is 19.1 Å². The average Bonchev–Trinajstić information content (AvgIpc) is 3.67. The Morgan fingerprint density at radius 2 is 1.51 bits per heavy atom. The van der Waals surface area contributed by atoms with Gasteiger partial charge in [-0.2, -0.15) is 0 Å². The van der Waals surface area contributed by atoms with Crippen molar-refractivity contribution in [3.63, 3.8) is 0 Å². The van der Waals surface area contributed by atoms with Gasteiger partial charge in [0.05, 0.1) is 29.8 Å². The lowest BCUT2D eigenvalue weighted by Gasteiger charge is -2.41. The topological polar surface area (TPSA) is 93.6 Å². The van der Waals surface area contributed by atoms with Gasteiger partial charge in [-0.3, -0.25) is 14.4 Å². The molecule has 2 aromatic rings. The maximum absolute atomic E-state index is 14.8. The van der Waals surface area contributed by atoms with Gasteiger partial charge in [0.2, 0.25) is 11.8 Å². The molecule has 3 amide bonds. The molecule has 0 aromatic heterocycles. The minimum absolute atomic E-state index is 0.00194. The van der Waals surface area contributed by atoms with E-state index in [-0.39, 0.29) is 55.1 Å². The minimum Gasteiger partial charge on any atom is -0.494 e. The zero-order valence-electron chi connectivity index (χ0n) is 28.0. The molecule has 0 saturated carbocycles. The van der Waals surface area contributed by atoms with Crippen molar-refractivity contribution >= 4 is 46.5 Å². The van der Waals surface area contributed by atoms with E-state index in [4.69, 9.17) is 4.74 Å². The molecule has 3 saturated heterocycles. The van der Waals surface area contributed by atoms with Crippen LogP contribution in [0.3, 0.4) is 0 Å². The summed E-state index contributed by atoms with van der Waals surface area (Å²) in [6.45, 7) is 18.6. The Morgan fingerprint density at radius 3 is 2.04 bits per heavy atom. The summed E-state index contributed by atoms with van der Waals surface area (Å²) in [5.74, 6) is -1.20. The van der Waals surface area contributed by atoms with Crippen LogP contribution in [0, 0.1) is 17.8 Å². The lowest BCUT2D eigenvalue weighted by molar-refractivity contribution is -0.139. The summed E-state index contributed by atoms with van der Waals surface area (Å²) in [5.41, 5.74) is 2.48. The van der Waals surface area contributed by atoms with Gasteiger partial charge in [-0.25, -0.2) is 0 Å². The number of benzene rings is 2. The number of aliphatic hydroxyl groups is 1. The standard InChI is InChI=1S/C37H48N4O5S/c1-7-20-39(28-16-18-29(19-17-28)46-11-5)34(43)31-30-24-25(6)37(47-30)32(31)35(44)41(22-23-42)33(37)36(45)40(21-8-2)27-14-12-26(13-15-27)38(9-3)10-4/h7-8,12-19,25,30-33,42H,1-2,9-11,20-24H2,3-6H3/t25?,30-,31+,32+,33?,37?/m1/s1. The van der Waals surface area contributed by atoms with Crippen LogP contribution in [0.2, 0.25) is 0 Å². The van der Waals surface area contributed by atoms with Crippen molar-refractivity contribution in [1.29, 1.82) is 0 Å². The number of nitrogens with zero attached hydrogens (tertiary/aromatic N) is 4. The molecule has 0 aliphatic carbocycles. The van der Waals surface area contributed by atoms with E-state index < -0.39 is 22.6 Å². The summed E-state index contributed by atoms with van der Waals surface area (Å²) in [5, 5.41) is 10.0. The fraction of sp³-hybridized carbons (Fsp3) is 0.486. The van der Waals surface area contributed by atoms with Crippen LogP contribution in [0.4, 0.5) is 17.1 Å². The van der Waals surface area contributed by atoms with Crippen LogP contribution in [0.5, 0.6) is 5.75 Å². The van der Waals surface area contributed by atoms with Crippen LogP contribution in [-0.4, -0.2) is 89.7 Å². The molecule has 6 atom stereocenters. The van der Waals surface area contributed by atoms with Gasteiger partial charge in [-0.15, -0.1) is 24.9 Å². The van der Waals surface area contributed by atoms with E-state index in [2.05, 4.69) is 38.8 Å². The van der Waals surface area contributed by atoms with Gasteiger partial charge in [0.25, 0.3) is 5.91 Å². The smallest absolute Gasteiger partial charge is 0.251 e. The van der Waals surface area contributed by atoms with Crippen LogP contribution < -0.4 is 19.4 Å². The molecule has 3 unspecified atom stereocenters. The summed E-state index contributed by atoms with van der Waals surface area (Å²) in [4.78, 5) is 51.0. The first kappa shape index (κ1) is 34.6. The van der Waals surface area contributed by atoms with Crippen molar-refractivity contribution in [2.24, 2.45) is 17.8 Å². The maximum atomic E-state index is 14.8. The molecule has 2 aromatic carbocycles. The van der Waals surface area contributed by atoms with Crippen LogP contribution >= 0.6 is 11.8 Å². The predicted octanol–water partition coefficient (Wildman–Crippen LogP) is 5.00. The van der Waals surface area contributed by atoms with E-state index in [0.29, 0.717) is 30.2 Å². The number of β-amino-alcohol motifs (C(OH)–C–C–N with tert-alkyl or cyclic N) is 1. The third-order valence-corrected chi connectivity index (χ3v) is 12.1. The highest BCUT2D eigenvalue weighted by Crippen LogP contribution is 2.69. The lowest BCUT2D eigenvalue weighted by atomic mass is 9.65. The fourth-order valence-electron chi connectivity index (χ4n) is 7.98. The van der Waals surface area contributed by atoms with Crippen molar-refractivity contribution in [1.82, 2.24) is 4.90 Å². The molecule has 3 aliphatic rings. The zero-order valence-corrected chi connectivity index (χ0v) is 28.8. The molecule has 3 heterocycles. The first-order chi connectivity index (χ1) is 22.7. The van der Waals surface area contributed by atoms with Crippen LogP contribution in [-0.2, 0) is 14.4 Å². The highest BCUT2D eigenvalue weighted by atomic mass is 32.2. The second-order valence-corrected chi connectivity index (χ2v) is 13.9. The maximum Gasteiger partial charge on any atom is 0.251 e. The normalized spacial score (nSPS) is 25.8. The van der Waals surface area contributed by atoms with Crippen LogP contribution in [0.1, 0.15) is 34.1 Å². The molecule has 3 aliphatic heterocycles. The molecule has 252 valence electrons. The molecule has 1 N–H and O–H groups in total. The van der Waals surface area contributed by atoms with E-state index in [1.54, 1.807) is 38.6 Å². The Balaban J connectivity index is 1.52. The lowest BCUT2D eigenvalue weighted by Crippen LogP contribution is -2.58. The number of aliphatic hydroxyl groups excluding tert-OH is 1. The van der Waals surface area contributed by atoms with E-state index >= 15 is 0 Å². The number of thioether (sulfide) groups is 1. The number of amides is 3. The number of fused-ring (bicyclic) bond motifs is 1. The number of ether oxygens (including phenoxy) is 1. The largest absolute Gasteiger partial charge is 0.494 e. The van der Waals surface area contributed by atoms with E-state index in [1.165, 1.54) is 0 Å². The molecular weight excluding hydrogens is 612 g/mol. The van der Waals surface area contributed by atoms with Crippen molar-refractivity contribution in [3.05, 3.63) is 73.8 Å². The van der Waals surface area contributed by atoms with Crippen LogP contribution in [0.15, 0.2) is 73.8 Å². The number of likely N-dealkylation sites (tertiary alicyclic amines) is 1. The quantitative estimate of drug-likeness (QED) is 0.269. The Kier molecular flexibility index (Phi) is 10.7. The van der Waals surface area contributed by atoms with Gasteiger partial charge < -0.3 is 29.4 Å². The number of rotatable bonds is 15. The fourth-order valence-corrected chi connectivity index (χ4v) is 10.4. The first-order valence-corrected chi connectivity index (χ1v) is 17.6. The molecule has 5 rings (SSSR count). The molecule has 0 radical (unpaired) electrons. The van der Waals surface area contributed by atoms with Crippen molar-refractivity contribution in [3.8, 4) is 5.75 Å². The third-order valence-electron chi connectivity index (χ3n) is 10.0. The second kappa shape index (κ2) is 14.6. The van der Waals surface area contributed by atoms with Gasteiger partial charge in [0.1, 0.15) is 11.8 Å². The number of carbonyl (C=O) groups is 3. The van der Waals surface area contributed by atoms with Gasteiger partial charge in [-0.05, 0) is 81.6 Å². The van der Waals surface area contributed by atoms with Gasteiger partial charge >= 0.3 is 0 Å². The van der Waals surface area contributed by atoms with Crippen LogP contribution in [0.25, 0.3) is 0 Å². The highest BCUT2D eigenvalue weighted by molar-refractivity contribution is 8.02. The number of carbonyl (C=O) groups excluding carboxylic acids is 3. The SMILES string of the molecule is C=CCN(C(=O)C1N(CCO)C(=O)[C@@H]2[C@@H](C(=O)N(CC=C)c3ccc(OCC)cc3)[C@H]3CC(C)C12S3)c1ccc(N(CC)CC)cc1. The molecule has 3 fully saturated rings. The van der Waals surface area contributed by atoms with Crippen molar-refractivity contribution in [2.45, 2.75) is 50.2 Å². The van der Waals surface area contributed by atoms with E-state index in [1.807, 2.05) is 55.5 Å². The molecule has 47 heavy (non-hydrogen) atoms. The molecule has 9 nitrogen and oxygen atoms in total. The predicted molar refractivity (Wildman–Crippen MR) is 190 cm³/mol.